The first-order valence-corrected chi connectivity index (χ1v) is 3.24. The molecule has 0 saturated heterocycles. The molecule has 1 amide bonds. The molecule has 0 spiro atoms. The molecular formula is C6H10F3NO. The molecule has 0 radical (unpaired) electrons. The fourth-order valence-electron chi connectivity index (χ4n) is 0.425. The summed E-state index contributed by atoms with van der Waals surface area (Å²) in [5, 5.41) is 1.81. The zero-order chi connectivity index (χ0) is 9.07. The summed E-state index contributed by atoms with van der Waals surface area (Å²) in [7, 11) is 0. The van der Waals surface area contributed by atoms with Crippen molar-refractivity contribution >= 4 is 5.91 Å². The Morgan fingerprint density at radius 3 is 2.27 bits per heavy atom. The van der Waals surface area contributed by atoms with E-state index in [1.807, 2.05) is 0 Å². The van der Waals surface area contributed by atoms with E-state index < -0.39 is 18.1 Å². The van der Waals surface area contributed by atoms with Gasteiger partial charge < -0.3 is 5.32 Å². The third-order valence-corrected chi connectivity index (χ3v) is 1.19. The number of rotatable bonds is 2. The van der Waals surface area contributed by atoms with Crippen LogP contribution in [-0.2, 0) is 4.79 Å². The average molecular weight is 169 g/mol. The highest BCUT2D eigenvalue weighted by Crippen LogP contribution is 2.19. The van der Waals surface area contributed by atoms with Crippen molar-refractivity contribution in [1.29, 1.82) is 0 Å². The van der Waals surface area contributed by atoms with E-state index in [2.05, 4.69) is 0 Å². The molecule has 1 atom stereocenters. The second-order valence-corrected chi connectivity index (χ2v) is 2.18. The minimum Gasteiger partial charge on any atom is -0.345 e. The van der Waals surface area contributed by atoms with Crippen molar-refractivity contribution in [2.75, 3.05) is 0 Å². The highest BCUT2D eigenvalue weighted by Gasteiger charge is 2.36. The van der Waals surface area contributed by atoms with Crippen LogP contribution < -0.4 is 5.32 Å². The smallest absolute Gasteiger partial charge is 0.345 e. The van der Waals surface area contributed by atoms with Crippen molar-refractivity contribution < 1.29 is 18.0 Å². The third kappa shape index (κ3) is 3.85. The lowest BCUT2D eigenvalue weighted by Gasteiger charge is -2.16. The Bertz CT molecular complexity index is 143. The molecule has 0 bridgehead atoms. The Morgan fingerprint density at radius 2 is 2.00 bits per heavy atom. The monoisotopic (exact) mass is 169 g/mol. The van der Waals surface area contributed by atoms with Crippen LogP contribution in [0.5, 0.6) is 0 Å². The first-order chi connectivity index (χ1) is 4.88. The Labute approximate surface area is 62.8 Å². The SMILES string of the molecule is CCC(=O)N[C@H](C)C(F)(F)F. The summed E-state index contributed by atoms with van der Waals surface area (Å²) in [5.74, 6) is -0.588. The van der Waals surface area contributed by atoms with Crippen LogP contribution in [0.3, 0.4) is 0 Å². The van der Waals surface area contributed by atoms with E-state index in [9.17, 15) is 18.0 Å². The fraction of sp³-hybridized carbons (Fsp3) is 0.833. The van der Waals surface area contributed by atoms with E-state index in [1.54, 1.807) is 5.32 Å². The molecule has 0 aliphatic heterocycles. The lowest BCUT2D eigenvalue weighted by Crippen LogP contribution is -2.42. The summed E-state index contributed by atoms with van der Waals surface area (Å²) in [5.41, 5.74) is 0. The Kier molecular flexibility index (Phi) is 3.35. The summed E-state index contributed by atoms with van der Waals surface area (Å²) >= 11 is 0. The van der Waals surface area contributed by atoms with Crippen LogP contribution in [0.4, 0.5) is 13.2 Å². The minimum atomic E-state index is -4.34. The molecule has 1 N–H and O–H groups in total. The fourth-order valence-corrected chi connectivity index (χ4v) is 0.425. The lowest BCUT2D eigenvalue weighted by atomic mass is 10.3. The van der Waals surface area contributed by atoms with Crippen molar-refractivity contribution in [3.63, 3.8) is 0 Å². The first kappa shape index (κ1) is 10.3. The summed E-state index contributed by atoms with van der Waals surface area (Å²) in [6, 6.07) is -1.75. The molecule has 0 aromatic carbocycles. The maximum Gasteiger partial charge on any atom is 0.408 e. The Balaban J connectivity index is 3.87. The van der Waals surface area contributed by atoms with Crippen molar-refractivity contribution in [3.8, 4) is 0 Å². The molecule has 66 valence electrons. The highest BCUT2D eigenvalue weighted by atomic mass is 19.4. The van der Waals surface area contributed by atoms with Gasteiger partial charge >= 0.3 is 6.18 Å². The second-order valence-electron chi connectivity index (χ2n) is 2.18. The van der Waals surface area contributed by atoms with Crippen LogP contribution in [0.1, 0.15) is 20.3 Å². The van der Waals surface area contributed by atoms with Gasteiger partial charge in [0, 0.05) is 6.42 Å². The van der Waals surface area contributed by atoms with Crippen LogP contribution in [0.25, 0.3) is 0 Å². The van der Waals surface area contributed by atoms with Crippen molar-refractivity contribution in [3.05, 3.63) is 0 Å². The number of hydrogen-bond acceptors (Lipinski definition) is 1. The van der Waals surface area contributed by atoms with Gasteiger partial charge in [-0.1, -0.05) is 6.92 Å². The lowest BCUT2D eigenvalue weighted by molar-refractivity contribution is -0.157. The number of carbonyl (C=O) groups is 1. The quantitative estimate of drug-likeness (QED) is 0.666. The summed E-state index contributed by atoms with van der Waals surface area (Å²) < 4.78 is 35.2. The summed E-state index contributed by atoms with van der Waals surface area (Å²) in [6.07, 6.45) is -4.27. The second kappa shape index (κ2) is 3.59. The van der Waals surface area contributed by atoms with Crippen molar-refractivity contribution in [2.45, 2.75) is 32.5 Å². The molecule has 0 aliphatic rings. The molecule has 0 fully saturated rings. The number of alkyl halides is 3. The minimum absolute atomic E-state index is 0.0699. The zero-order valence-electron chi connectivity index (χ0n) is 6.33. The standard InChI is InChI=1S/C6H10F3NO/c1-3-5(11)10-4(2)6(7,8)9/h4H,3H2,1-2H3,(H,10,11)/t4-/m1/s1. The van der Waals surface area contributed by atoms with Gasteiger partial charge in [-0.2, -0.15) is 13.2 Å². The molecule has 11 heavy (non-hydrogen) atoms. The molecule has 0 aromatic heterocycles. The molecule has 0 unspecified atom stereocenters. The summed E-state index contributed by atoms with van der Waals surface area (Å²) in [4.78, 5) is 10.5. The molecule has 0 aliphatic carbocycles. The van der Waals surface area contributed by atoms with E-state index in [1.165, 1.54) is 6.92 Å². The van der Waals surface area contributed by atoms with E-state index in [-0.39, 0.29) is 6.42 Å². The van der Waals surface area contributed by atoms with E-state index in [4.69, 9.17) is 0 Å². The van der Waals surface area contributed by atoms with Gasteiger partial charge in [0.2, 0.25) is 5.91 Å². The normalized spacial score (nSPS) is 14.3. The van der Waals surface area contributed by atoms with Crippen LogP contribution in [0.15, 0.2) is 0 Å². The van der Waals surface area contributed by atoms with Gasteiger partial charge in [-0.25, -0.2) is 0 Å². The first-order valence-electron chi connectivity index (χ1n) is 3.24. The van der Waals surface area contributed by atoms with E-state index in [0.29, 0.717) is 0 Å². The molecule has 2 nitrogen and oxygen atoms in total. The number of halogens is 3. The van der Waals surface area contributed by atoms with E-state index >= 15 is 0 Å². The molecule has 5 heteroatoms. The van der Waals surface area contributed by atoms with Crippen LogP contribution in [-0.4, -0.2) is 18.1 Å². The highest BCUT2D eigenvalue weighted by molar-refractivity contribution is 5.75. The van der Waals surface area contributed by atoms with Gasteiger partial charge in [0.15, 0.2) is 0 Å². The Hall–Kier alpha value is -0.740. The topological polar surface area (TPSA) is 29.1 Å². The van der Waals surface area contributed by atoms with Crippen LogP contribution >= 0.6 is 0 Å². The van der Waals surface area contributed by atoms with E-state index in [0.717, 1.165) is 6.92 Å². The van der Waals surface area contributed by atoms with Gasteiger partial charge in [0.25, 0.3) is 0 Å². The number of amides is 1. The predicted octanol–water partition coefficient (Wildman–Crippen LogP) is 1.46. The average Bonchev–Trinajstić information content (AvgIpc) is 1.85. The van der Waals surface area contributed by atoms with Crippen molar-refractivity contribution in [1.82, 2.24) is 5.32 Å². The predicted molar refractivity (Wildman–Crippen MR) is 34.0 cm³/mol. The largest absolute Gasteiger partial charge is 0.408 e. The number of nitrogens with one attached hydrogen (secondary N) is 1. The maximum atomic E-state index is 11.7. The van der Waals surface area contributed by atoms with Gasteiger partial charge in [0.05, 0.1) is 0 Å². The molecule has 0 aromatic rings. The molecular weight excluding hydrogens is 159 g/mol. The molecule has 0 heterocycles. The number of carbonyl (C=O) groups excluding carboxylic acids is 1. The Morgan fingerprint density at radius 1 is 1.55 bits per heavy atom. The van der Waals surface area contributed by atoms with Gasteiger partial charge in [0.1, 0.15) is 6.04 Å². The maximum absolute atomic E-state index is 11.7. The summed E-state index contributed by atoms with van der Waals surface area (Å²) in [6.45, 7) is 2.41. The van der Waals surface area contributed by atoms with Crippen LogP contribution in [0.2, 0.25) is 0 Å². The zero-order valence-corrected chi connectivity index (χ0v) is 6.33. The van der Waals surface area contributed by atoms with Gasteiger partial charge in [-0.05, 0) is 6.92 Å². The van der Waals surface area contributed by atoms with Crippen molar-refractivity contribution in [2.24, 2.45) is 0 Å². The van der Waals surface area contributed by atoms with Gasteiger partial charge in [-0.15, -0.1) is 0 Å². The number of hydrogen-bond donors (Lipinski definition) is 1. The molecule has 0 saturated carbocycles. The third-order valence-electron chi connectivity index (χ3n) is 1.19. The van der Waals surface area contributed by atoms with Crippen LogP contribution in [0, 0.1) is 0 Å². The van der Waals surface area contributed by atoms with Gasteiger partial charge in [-0.3, -0.25) is 4.79 Å². The molecule has 0 rings (SSSR count).